The van der Waals surface area contributed by atoms with Crippen LogP contribution in [-0.2, 0) is 13.1 Å². The fourth-order valence-corrected chi connectivity index (χ4v) is 4.28. The van der Waals surface area contributed by atoms with E-state index < -0.39 is 0 Å². The van der Waals surface area contributed by atoms with Crippen molar-refractivity contribution in [1.82, 2.24) is 25.4 Å². The summed E-state index contributed by atoms with van der Waals surface area (Å²) < 4.78 is 1.84. The molecule has 32 heavy (non-hydrogen) atoms. The Morgan fingerprint density at radius 3 is 2.69 bits per heavy atom. The van der Waals surface area contributed by atoms with Crippen LogP contribution < -0.4 is 16.0 Å². The molecule has 1 saturated carbocycles. The Balaban J connectivity index is 1.59. The number of fused-ring (bicyclic) bond motifs is 1. The monoisotopic (exact) mass is 434 g/mol. The third kappa shape index (κ3) is 4.59. The Morgan fingerprint density at radius 2 is 1.94 bits per heavy atom. The molecule has 0 bridgehead atoms. The van der Waals surface area contributed by atoms with E-state index in [9.17, 15) is 9.59 Å². The third-order valence-electron chi connectivity index (χ3n) is 6.03. The van der Waals surface area contributed by atoms with Gasteiger partial charge in [-0.05, 0) is 37.5 Å². The number of rotatable bonds is 7. The molecule has 8 heteroatoms. The summed E-state index contributed by atoms with van der Waals surface area (Å²) in [6, 6.07) is 7.58. The standard InChI is InChI=1S/C24H30N6O2/c1-3-30-22-19(15-28-30)21(29-18-10-5-4-6-11-18)20(14-26-22)24(32)27-13-16-8-7-9-17(12-16)23(31)25-2/h7-9,12,14-15,18H,3-6,10-11,13H2,1-2H3,(H,25,31)(H,26,29)(H,27,32). The molecule has 0 atom stereocenters. The predicted octanol–water partition coefficient (Wildman–Crippen LogP) is 3.49. The lowest BCUT2D eigenvalue weighted by molar-refractivity contribution is 0.0949. The van der Waals surface area contributed by atoms with E-state index in [1.54, 1.807) is 31.6 Å². The van der Waals surface area contributed by atoms with Crippen molar-refractivity contribution in [2.24, 2.45) is 0 Å². The number of anilines is 1. The van der Waals surface area contributed by atoms with Gasteiger partial charge < -0.3 is 16.0 Å². The van der Waals surface area contributed by atoms with Crippen molar-refractivity contribution in [2.45, 2.75) is 58.2 Å². The highest BCUT2D eigenvalue weighted by Crippen LogP contribution is 2.30. The van der Waals surface area contributed by atoms with Crippen LogP contribution in [0.25, 0.3) is 11.0 Å². The zero-order chi connectivity index (χ0) is 22.5. The van der Waals surface area contributed by atoms with Crippen LogP contribution in [0.3, 0.4) is 0 Å². The Morgan fingerprint density at radius 1 is 1.12 bits per heavy atom. The van der Waals surface area contributed by atoms with Crippen LogP contribution in [0.15, 0.2) is 36.7 Å². The van der Waals surface area contributed by atoms with Crippen LogP contribution >= 0.6 is 0 Å². The third-order valence-corrected chi connectivity index (χ3v) is 6.03. The van der Waals surface area contributed by atoms with E-state index in [1.807, 2.05) is 23.7 Å². The summed E-state index contributed by atoms with van der Waals surface area (Å²) in [7, 11) is 1.60. The highest BCUT2D eigenvalue weighted by molar-refractivity contribution is 6.06. The summed E-state index contributed by atoms with van der Waals surface area (Å²) in [5.41, 5.74) is 3.52. The molecule has 3 N–H and O–H groups in total. The van der Waals surface area contributed by atoms with Crippen LogP contribution in [0.2, 0.25) is 0 Å². The van der Waals surface area contributed by atoms with Crippen molar-refractivity contribution in [1.29, 1.82) is 0 Å². The van der Waals surface area contributed by atoms with Gasteiger partial charge in [-0.1, -0.05) is 31.4 Å². The highest BCUT2D eigenvalue weighted by Gasteiger charge is 2.22. The fraction of sp³-hybridized carbons (Fsp3) is 0.417. The molecule has 0 aliphatic heterocycles. The van der Waals surface area contributed by atoms with Gasteiger partial charge in [-0.2, -0.15) is 5.10 Å². The molecule has 2 amide bonds. The lowest BCUT2D eigenvalue weighted by atomic mass is 9.95. The van der Waals surface area contributed by atoms with Crippen molar-refractivity contribution >= 4 is 28.5 Å². The van der Waals surface area contributed by atoms with Crippen LogP contribution in [0.1, 0.15) is 65.3 Å². The van der Waals surface area contributed by atoms with Crippen LogP contribution in [0, 0.1) is 0 Å². The van der Waals surface area contributed by atoms with E-state index in [4.69, 9.17) is 0 Å². The van der Waals surface area contributed by atoms with Gasteiger partial charge in [0.1, 0.15) is 0 Å². The van der Waals surface area contributed by atoms with Gasteiger partial charge in [0.05, 0.1) is 22.8 Å². The number of nitrogens with one attached hydrogen (secondary N) is 3. The SMILES string of the molecule is CCn1ncc2c(NC3CCCCC3)c(C(=O)NCc3cccc(C(=O)NC)c3)cnc21. The molecule has 1 fully saturated rings. The minimum absolute atomic E-state index is 0.153. The van der Waals surface area contributed by atoms with Crippen molar-refractivity contribution < 1.29 is 9.59 Å². The maximum atomic E-state index is 13.2. The lowest BCUT2D eigenvalue weighted by Crippen LogP contribution is -2.27. The van der Waals surface area contributed by atoms with E-state index in [1.165, 1.54) is 19.3 Å². The van der Waals surface area contributed by atoms with Gasteiger partial charge in [0.15, 0.2) is 5.65 Å². The number of amides is 2. The number of aromatic nitrogens is 3. The second-order valence-corrected chi connectivity index (χ2v) is 8.19. The van der Waals surface area contributed by atoms with Gasteiger partial charge in [-0.25, -0.2) is 9.67 Å². The molecule has 0 saturated heterocycles. The molecule has 1 aliphatic carbocycles. The second kappa shape index (κ2) is 9.80. The number of nitrogens with zero attached hydrogens (tertiary/aromatic N) is 3. The first-order valence-electron chi connectivity index (χ1n) is 11.3. The Bertz CT molecular complexity index is 1120. The van der Waals surface area contributed by atoms with Crippen molar-refractivity contribution in [3.63, 3.8) is 0 Å². The van der Waals surface area contributed by atoms with Gasteiger partial charge in [0.25, 0.3) is 11.8 Å². The first-order chi connectivity index (χ1) is 15.6. The minimum Gasteiger partial charge on any atom is -0.381 e. The Kier molecular flexibility index (Phi) is 6.68. The molecular weight excluding hydrogens is 404 g/mol. The number of hydrogen-bond acceptors (Lipinski definition) is 5. The predicted molar refractivity (Wildman–Crippen MR) is 125 cm³/mol. The number of carbonyl (C=O) groups excluding carboxylic acids is 2. The fourth-order valence-electron chi connectivity index (χ4n) is 4.28. The van der Waals surface area contributed by atoms with E-state index in [-0.39, 0.29) is 11.8 Å². The number of carbonyl (C=O) groups is 2. The number of aryl methyl sites for hydroxylation is 1. The average Bonchev–Trinajstić information content (AvgIpc) is 3.27. The molecule has 168 valence electrons. The van der Waals surface area contributed by atoms with E-state index in [2.05, 4.69) is 26.0 Å². The zero-order valence-corrected chi connectivity index (χ0v) is 18.6. The summed E-state index contributed by atoms with van der Waals surface area (Å²) in [5.74, 6) is -0.355. The van der Waals surface area contributed by atoms with E-state index in [0.29, 0.717) is 30.3 Å². The van der Waals surface area contributed by atoms with Gasteiger partial charge in [0.2, 0.25) is 0 Å². The molecule has 2 heterocycles. The average molecular weight is 435 g/mol. The first kappa shape index (κ1) is 21.8. The quantitative estimate of drug-likeness (QED) is 0.528. The molecule has 3 aromatic rings. The second-order valence-electron chi connectivity index (χ2n) is 8.19. The zero-order valence-electron chi connectivity index (χ0n) is 18.6. The molecule has 0 radical (unpaired) electrons. The molecule has 0 spiro atoms. The first-order valence-corrected chi connectivity index (χ1v) is 11.3. The normalized spacial score (nSPS) is 14.3. The minimum atomic E-state index is -0.202. The number of hydrogen-bond donors (Lipinski definition) is 3. The van der Waals surface area contributed by atoms with Crippen LogP contribution in [0.5, 0.6) is 0 Å². The summed E-state index contributed by atoms with van der Waals surface area (Å²) in [6.45, 7) is 3.06. The molecule has 8 nitrogen and oxygen atoms in total. The number of pyridine rings is 1. The molecule has 0 unspecified atom stereocenters. The van der Waals surface area contributed by atoms with E-state index >= 15 is 0 Å². The van der Waals surface area contributed by atoms with Gasteiger partial charge in [0, 0.05) is 37.9 Å². The summed E-state index contributed by atoms with van der Waals surface area (Å²) >= 11 is 0. The Labute approximate surface area is 187 Å². The molecule has 4 rings (SSSR count). The molecule has 2 aromatic heterocycles. The number of benzene rings is 1. The largest absolute Gasteiger partial charge is 0.381 e. The Hall–Kier alpha value is -3.42. The maximum Gasteiger partial charge on any atom is 0.255 e. The van der Waals surface area contributed by atoms with Crippen molar-refractivity contribution in [2.75, 3.05) is 12.4 Å². The van der Waals surface area contributed by atoms with E-state index in [0.717, 1.165) is 35.1 Å². The summed E-state index contributed by atoms with van der Waals surface area (Å²) in [5, 5.41) is 14.5. The highest BCUT2D eigenvalue weighted by atomic mass is 16.2. The molecule has 1 aliphatic rings. The lowest BCUT2D eigenvalue weighted by Gasteiger charge is -2.25. The summed E-state index contributed by atoms with van der Waals surface area (Å²) in [4.78, 5) is 29.6. The maximum absolute atomic E-state index is 13.2. The van der Waals surface area contributed by atoms with Crippen molar-refractivity contribution in [3.05, 3.63) is 53.3 Å². The molecule has 1 aromatic carbocycles. The topological polar surface area (TPSA) is 101 Å². The van der Waals surface area contributed by atoms with Crippen LogP contribution in [-0.4, -0.2) is 39.7 Å². The van der Waals surface area contributed by atoms with Gasteiger partial charge in [-0.15, -0.1) is 0 Å². The summed E-state index contributed by atoms with van der Waals surface area (Å²) in [6.07, 6.45) is 9.28. The van der Waals surface area contributed by atoms with Crippen molar-refractivity contribution in [3.8, 4) is 0 Å². The van der Waals surface area contributed by atoms with Gasteiger partial charge >= 0.3 is 0 Å². The molecular formula is C24H30N6O2. The van der Waals surface area contributed by atoms with Gasteiger partial charge in [-0.3, -0.25) is 9.59 Å². The smallest absolute Gasteiger partial charge is 0.255 e. The van der Waals surface area contributed by atoms with Crippen LogP contribution in [0.4, 0.5) is 5.69 Å².